The van der Waals surface area contributed by atoms with Crippen molar-refractivity contribution in [3.8, 4) is 0 Å². The number of rotatable bonds is 3. The molecule has 17 heavy (non-hydrogen) atoms. The Morgan fingerprint density at radius 3 is 2.41 bits per heavy atom. The van der Waals surface area contributed by atoms with E-state index in [1.54, 1.807) is 12.1 Å². The van der Waals surface area contributed by atoms with Gasteiger partial charge in [-0.25, -0.2) is 0 Å². The van der Waals surface area contributed by atoms with Crippen molar-refractivity contribution in [1.82, 2.24) is 0 Å². The molecule has 2 rings (SSSR count). The molecule has 0 unspecified atom stereocenters. The first kappa shape index (κ1) is 12.5. The van der Waals surface area contributed by atoms with Crippen molar-refractivity contribution in [3.63, 3.8) is 0 Å². The van der Waals surface area contributed by atoms with Gasteiger partial charge in [0.1, 0.15) is 0 Å². The second-order valence-electron chi connectivity index (χ2n) is 3.29. The number of benzene rings is 2. The molecule has 0 amide bonds. The monoisotopic (exact) mass is 461 g/mol. The summed E-state index contributed by atoms with van der Waals surface area (Å²) < 4.78 is 3.41. The Morgan fingerprint density at radius 1 is 1.12 bits per heavy atom. The molecule has 2 aromatic rings. The van der Waals surface area contributed by atoms with E-state index in [2.05, 4.69) is 28.1 Å². The Hall–Kier alpha value is -0.992. The standard InChI is InChI=1S/C6H3BrNO2.C6H5.W/c7-5-2-1-3-6(4-5)8(9)10;1-2-4-6-5-3-1;/h1,3-4H;1-5H;. The molecule has 0 aliphatic heterocycles. The molecule has 0 N–H and O–H groups in total. The van der Waals surface area contributed by atoms with Crippen LogP contribution in [0, 0.1) is 10.1 Å². The molecule has 0 saturated carbocycles. The number of non-ortho nitro benzene ring substituents is 1. The van der Waals surface area contributed by atoms with Crippen LogP contribution in [-0.2, 0) is 18.6 Å². The van der Waals surface area contributed by atoms with Gasteiger partial charge < -0.3 is 0 Å². The summed E-state index contributed by atoms with van der Waals surface area (Å²) in [5.41, 5.74) is 0.132. The topological polar surface area (TPSA) is 43.1 Å². The molecule has 0 fully saturated rings. The molecule has 0 saturated heterocycles. The van der Waals surface area contributed by atoms with Crippen molar-refractivity contribution in [2.24, 2.45) is 0 Å². The van der Waals surface area contributed by atoms with Crippen LogP contribution in [0.3, 0.4) is 0 Å². The van der Waals surface area contributed by atoms with Gasteiger partial charge in [0.15, 0.2) is 0 Å². The molecular formula is C12H8BrNO2W. The van der Waals surface area contributed by atoms with Gasteiger partial charge in [-0.05, 0) is 0 Å². The van der Waals surface area contributed by atoms with E-state index >= 15 is 0 Å². The summed E-state index contributed by atoms with van der Waals surface area (Å²) in [6.07, 6.45) is 0. The van der Waals surface area contributed by atoms with Crippen molar-refractivity contribution in [3.05, 3.63) is 63.1 Å². The Bertz CT molecular complexity index is 545. The quantitative estimate of drug-likeness (QED) is 0.520. The third kappa shape index (κ3) is 3.24. The van der Waals surface area contributed by atoms with Gasteiger partial charge in [0.05, 0.1) is 0 Å². The van der Waals surface area contributed by atoms with E-state index in [-0.39, 0.29) is 10.6 Å². The van der Waals surface area contributed by atoms with Gasteiger partial charge in [-0.3, -0.25) is 0 Å². The Morgan fingerprint density at radius 2 is 1.82 bits per heavy atom. The van der Waals surface area contributed by atoms with E-state index in [1.807, 2.05) is 24.3 Å². The minimum atomic E-state index is -0.840. The Labute approximate surface area is 116 Å². The summed E-state index contributed by atoms with van der Waals surface area (Å²) in [7, 11) is 0. The molecule has 0 heterocycles. The van der Waals surface area contributed by atoms with Crippen LogP contribution < -0.4 is 7.91 Å². The maximum atomic E-state index is 10.6. The van der Waals surface area contributed by atoms with Crippen LogP contribution in [0.25, 0.3) is 0 Å². The van der Waals surface area contributed by atoms with Crippen LogP contribution in [0.1, 0.15) is 0 Å². The summed E-state index contributed by atoms with van der Waals surface area (Å²) in [4.78, 5) is 10.2. The molecule has 0 aliphatic rings. The number of hydrogen-bond acceptors (Lipinski definition) is 2. The van der Waals surface area contributed by atoms with E-state index in [0.29, 0.717) is 0 Å². The van der Waals surface area contributed by atoms with Gasteiger partial charge in [-0.2, -0.15) is 0 Å². The number of nitro groups is 1. The van der Waals surface area contributed by atoms with E-state index in [4.69, 9.17) is 0 Å². The van der Waals surface area contributed by atoms with Crippen LogP contribution in [0.15, 0.2) is 53.0 Å². The number of hydrogen-bond donors (Lipinski definition) is 0. The average Bonchev–Trinajstić information content (AvgIpc) is 2.33. The SMILES string of the molecule is O=[N+]([O-])c1cc[c]([W][c]2ccccc2)c(Br)c1. The molecule has 0 aliphatic carbocycles. The van der Waals surface area contributed by atoms with E-state index in [9.17, 15) is 10.1 Å². The van der Waals surface area contributed by atoms with Crippen LogP contribution in [0.5, 0.6) is 0 Å². The van der Waals surface area contributed by atoms with Crippen molar-refractivity contribution >= 4 is 29.5 Å². The molecule has 0 radical (unpaired) electrons. The molecule has 0 bridgehead atoms. The molecule has 0 atom stereocenters. The van der Waals surface area contributed by atoms with Crippen molar-refractivity contribution in [1.29, 1.82) is 0 Å². The van der Waals surface area contributed by atoms with Gasteiger partial charge >= 0.3 is 116 Å². The summed E-state index contributed by atoms with van der Waals surface area (Å²) in [5, 5.41) is 10.6. The molecule has 0 spiro atoms. The first-order valence-corrected chi connectivity index (χ1v) is 8.56. The van der Waals surface area contributed by atoms with Crippen molar-refractivity contribution in [2.75, 3.05) is 0 Å². The van der Waals surface area contributed by atoms with Gasteiger partial charge in [0.25, 0.3) is 0 Å². The summed E-state index contributed by atoms with van der Waals surface area (Å²) >= 11 is 2.57. The zero-order valence-electron chi connectivity index (χ0n) is 8.67. The molecule has 5 heteroatoms. The van der Waals surface area contributed by atoms with E-state index in [0.717, 1.165) is 4.47 Å². The third-order valence-corrected chi connectivity index (χ3v) is 7.68. The Balaban J connectivity index is 2.26. The van der Waals surface area contributed by atoms with Crippen LogP contribution >= 0.6 is 15.9 Å². The van der Waals surface area contributed by atoms with Crippen LogP contribution in [-0.4, -0.2) is 4.92 Å². The minimum absolute atomic E-state index is 0.132. The molecule has 0 aromatic heterocycles. The second kappa shape index (κ2) is 5.56. The number of nitrogens with zero attached hydrogens (tertiary/aromatic N) is 1. The fourth-order valence-electron chi connectivity index (χ4n) is 1.30. The molecular weight excluding hydrogens is 454 g/mol. The van der Waals surface area contributed by atoms with E-state index < -0.39 is 18.6 Å². The predicted molar refractivity (Wildman–Crippen MR) is 66.5 cm³/mol. The first-order chi connectivity index (χ1) is 8.16. The number of halogens is 1. The molecule has 86 valence electrons. The van der Waals surface area contributed by atoms with Gasteiger partial charge in [0.2, 0.25) is 0 Å². The molecule has 3 nitrogen and oxygen atoms in total. The second-order valence-corrected chi connectivity index (χ2v) is 8.15. The maximum absolute atomic E-state index is 10.6. The zero-order valence-corrected chi connectivity index (χ0v) is 13.2. The normalized spacial score (nSPS) is 10.2. The van der Waals surface area contributed by atoms with Gasteiger partial charge in [0, 0.05) is 0 Å². The first-order valence-electron chi connectivity index (χ1n) is 4.83. The predicted octanol–water partition coefficient (Wildman–Crippen LogP) is 2.39. The fraction of sp³-hybridized carbons (Fsp3) is 0. The van der Waals surface area contributed by atoms with Crippen LogP contribution in [0.2, 0.25) is 0 Å². The summed E-state index contributed by atoms with van der Waals surface area (Å²) in [5.74, 6) is 0. The van der Waals surface area contributed by atoms with E-state index in [1.165, 1.54) is 7.91 Å². The van der Waals surface area contributed by atoms with Crippen molar-refractivity contribution < 1.29 is 23.5 Å². The fourth-order valence-corrected chi connectivity index (χ4v) is 5.35. The third-order valence-electron chi connectivity index (χ3n) is 2.10. The van der Waals surface area contributed by atoms with Gasteiger partial charge in [-0.15, -0.1) is 0 Å². The van der Waals surface area contributed by atoms with Gasteiger partial charge in [-0.1, -0.05) is 0 Å². The zero-order chi connectivity index (χ0) is 12.3. The number of nitro benzene ring substituents is 1. The molecule has 2 aromatic carbocycles. The Kier molecular flexibility index (Phi) is 4.08. The van der Waals surface area contributed by atoms with Crippen LogP contribution in [0.4, 0.5) is 5.69 Å². The average molecular weight is 462 g/mol. The van der Waals surface area contributed by atoms with Crippen molar-refractivity contribution in [2.45, 2.75) is 0 Å². The summed E-state index contributed by atoms with van der Waals surface area (Å²) in [6, 6.07) is 15.3. The summed E-state index contributed by atoms with van der Waals surface area (Å²) in [6.45, 7) is 0.